The van der Waals surface area contributed by atoms with Crippen molar-refractivity contribution in [2.24, 2.45) is 0 Å². The second-order valence-electron chi connectivity index (χ2n) is 6.43. The fourth-order valence-corrected chi connectivity index (χ4v) is 4.18. The van der Waals surface area contributed by atoms with Crippen LogP contribution < -0.4 is 0 Å². The van der Waals surface area contributed by atoms with Crippen LogP contribution in [0.25, 0.3) is 11.0 Å². The van der Waals surface area contributed by atoms with Crippen LogP contribution in [-0.2, 0) is 25.9 Å². The number of morpholine rings is 1. The lowest BCUT2D eigenvalue weighted by Gasteiger charge is -2.35. The largest absolute Gasteiger partial charge is 0.372 e. The lowest BCUT2D eigenvalue weighted by molar-refractivity contribution is -0.143. The molecular formula is C17H23N3O4S. The maximum atomic E-state index is 12.8. The lowest BCUT2D eigenvalue weighted by Crippen LogP contribution is -2.49. The molecule has 0 aliphatic carbocycles. The van der Waals surface area contributed by atoms with Crippen LogP contribution in [0.2, 0.25) is 0 Å². The number of aromatic nitrogens is 2. The van der Waals surface area contributed by atoms with Crippen molar-refractivity contribution in [3.63, 3.8) is 0 Å². The maximum absolute atomic E-state index is 12.8. The Balaban J connectivity index is 1.97. The molecule has 7 nitrogen and oxygen atoms in total. The van der Waals surface area contributed by atoms with E-state index in [1.54, 1.807) is 30.0 Å². The summed E-state index contributed by atoms with van der Waals surface area (Å²) in [5.74, 6) is -0.187. The zero-order valence-corrected chi connectivity index (χ0v) is 15.5. The van der Waals surface area contributed by atoms with E-state index in [1.807, 2.05) is 19.9 Å². The number of nitrogens with zero attached hydrogens (tertiary/aromatic N) is 3. The number of hydrogen-bond acceptors (Lipinski definition) is 5. The van der Waals surface area contributed by atoms with Gasteiger partial charge in [-0.2, -0.15) is 0 Å². The number of ether oxygens (including phenoxy) is 1. The molecule has 1 fully saturated rings. The number of benzene rings is 1. The molecule has 0 radical (unpaired) electrons. The summed E-state index contributed by atoms with van der Waals surface area (Å²) >= 11 is 0. The number of carbonyl (C=O) groups is 1. The van der Waals surface area contributed by atoms with Crippen LogP contribution in [0.3, 0.4) is 0 Å². The Morgan fingerprint density at radius 1 is 1.24 bits per heavy atom. The van der Waals surface area contributed by atoms with Crippen molar-refractivity contribution < 1.29 is 17.9 Å². The molecular weight excluding hydrogens is 342 g/mol. The Kier molecular flexibility index (Phi) is 4.83. The number of carbonyl (C=O) groups excluding carboxylic acids is 1. The predicted molar refractivity (Wildman–Crippen MR) is 94.0 cm³/mol. The van der Waals surface area contributed by atoms with Gasteiger partial charge in [-0.05, 0) is 26.0 Å². The van der Waals surface area contributed by atoms with E-state index in [4.69, 9.17) is 4.74 Å². The van der Waals surface area contributed by atoms with Gasteiger partial charge >= 0.3 is 0 Å². The smallest absolute Gasteiger partial charge is 0.242 e. The second-order valence-corrected chi connectivity index (χ2v) is 8.60. The highest BCUT2D eigenvalue weighted by molar-refractivity contribution is 7.91. The third kappa shape index (κ3) is 3.55. The minimum atomic E-state index is -3.53. The molecule has 0 unspecified atom stereocenters. The number of sulfone groups is 1. The Morgan fingerprint density at radius 2 is 1.88 bits per heavy atom. The monoisotopic (exact) mass is 365 g/mol. The van der Waals surface area contributed by atoms with E-state index in [1.165, 1.54) is 4.57 Å². The van der Waals surface area contributed by atoms with Crippen LogP contribution in [0, 0.1) is 0 Å². The standard InChI is InChI=1S/C17H23N3O4S/c1-4-25(22,23)17-18-14-7-5-6-8-15(14)20(17)11-16(21)19-9-12(2)24-13(3)10-19/h5-8,12-13H,4,9-11H2,1-3H3/t12-,13-/m1/s1. The second kappa shape index (κ2) is 6.76. The Bertz CT molecular complexity index is 880. The molecule has 1 aromatic carbocycles. The number of para-hydroxylation sites is 2. The van der Waals surface area contributed by atoms with Crippen molar-refractivity contribution >= 4 is 26.8 Å². The van der Waals surface area contributed by atoms with Crippen molar-refractivity contribution in [2.45, 2.75) is 44.7 Å². The van der Waals surface area contributed by atoms with Gasteiger partial charge < -0.3 is 14.2 Å². The molecule has 0 saturated carbocycles. The summed E-state index contributed by atoms with van der Waals surface area (Å²) < 4.78 is 32.0. The van der Waals surface area contributed by atoms with Crippen LogP contribution in [0.15, 0.2) is 29.4 Å². The predicted octanol–water partition coefficient (Wildman–Crippen LogP) is 1.47. The van der Waals surface area contributed by atoms with E-state index < -0.39 is 9.84 Å². The topological polar surface area (TPSA) is 81.5 Å². The molecule has 2 aromatic rings. The molecule has 0 bridgehead atoms. The molecule has 1 aliphatic heterocycles. The minimum absolute atomic E-state index is 0.0360. The number of fused-ring (bicyclic) bond motifs is 1. The molecule has 3 rings (SSSR count). The molecule has 1 aliphatic rings. The molecule has 0 spiro atoms. The van der Waals surface area contributed by atoms with Gasteiger partial charge in [-0.3, -0.25) is 4.79 Å². The molecule has 136 valence electrons. The number of imidazole rings is 1. The Hall–Kier alpha value is -1.93. The van der Waals surface area contributed by atoms with E-state index in [2.05, 4.69) is 4.98 Å². The maximum Gasteiger partial charge on any atom is 0.242 e. The Morgan fingerprint density at radius 3 is 2.52 bits per heavy atom. The van der Waals surface area contributed by atoms with Crippen LogP contribution >= 0.6 is 0 Å². The third-order valence-corrected chi connectivity index (χ3v) is 5.97. The van der Waals surface area contributed by atoms with Crippen LogP contribution in [0.5, 0.6) is 0 Å². The van der Waals surface area contributed by atoms with Crippen molar-refractivity contribution in [3.05, 3.63) is 24.3 Å². The zero-order valence-electron chi connectivity index (χ0n) is 14.7. The number of rotatable bonds is 4. The van der Waals surface area contributed by atoms with Gasteiger partial charge in [-0.1, -0.05) is 19.1 Å². The van der Waals surface area contributed by atoms with Gasteiger partial charge in [0.2, 0.25) is 20.9 Å². The first-order valence-electron chi connectivity index (χ1n) is 8.43. The molecule has 2 atom stereocenters. The van der Waals surface area contributed by atoms with Crippen LogP contribution in [0.1, 0.15) is 20.8 Å². The van der Waals surface area contributed by atoms with E-state index in [9.17, 15) is 13.2 Å². The van der Waals surface area contributed by atoms with E-state index in [0.717, 1.165) is 0 Å². The van der Waals surface area contributed by atoms with Gasteiger partial charge in [0.1, 0.15) is 6.54 Å². The normalized spacial score (nSPS) is 21.6. The lowest BCUT2D eigenvalue weighted by atomic mass is 10.2. The highest BCUT2D eigenvalue weighted by Crippen LogP contribution is 2.21. The summed E-state index contributed by atoms with van der Waals surface area (Å²) in [6.45, 7) is 6.39. The fraction of sp³-hybridized carbons (Fsp3) is 0.529. The fourth-order valence-electron chi connectivity index (χ4n) is 3.19. The third-order valence-electron chi connectivity index (χ3n) is 4.34. The summed E-state index contributed by atoms with van der Waals surface area (Å²) in [6, 6.07) is 7.15. The molecule has 1 aromatic heterocycles. The van der Waals surface area contributed by atoms with Crippen molar-refractivity contribution in [1.29, 1.82) is 0 Å². The quantitative estimate of drug-likeness (QED) is 0.819. The average Bonchev–Trinajstić information content (AvgIpc) is 2.93. The highest BCUT2D eigenvalue weighted by atomic mass is 32.2. The first-order chi connectivity index (χ1) is 11.8. The van der Waals surface area contributed by atoms with Crippen LogP contribution in [0.4, 0.5) is 0 Å². The van der Waals surface area contributed by atoms with Gasteiger partial charge in [-0.15, -0.1) is 0 Å². The van der Waals surface area contributed by atoms with Gasteiger partial charge in [0.25, 0.3) is 0 Å². The van der Waals surface area contributed by atoms with Crippen molar-refractivity contribution in [3.8, 4) is 0 Å². The average molecular weight is 365 g/mol. The summed E-state index contributed by atoms with van der Waals surface area (Å²) in [7, 11) is -3.53. The highest BCUT2D eigenvalue weighted by Gasteiger charge is 2.28. The van der Waals surface area contributed by atoms with Gasteiger partial charge in [0.05, 0.1) is 29.0 Å². The van der Waals surface area contributed by atoms with E-state index in [-0.39, 0.29) is 35.6 Å². The summed E-state index contributed by atoms with van der Waals surface area (Å²) in [5.41, 5.74) is 1.23. The number of hydrogen-bond donors (Lipinski definition) is 0. The van der Waals surface area contributed by atoms with E-state index >= 15 is 0 Å². The first kappa shape index (κ1) is 17.9. The molecule has 1 amide bonds. The molecule has 2 heterocycles. The van der Waals surface area contributed by atoms with Crippen LogP contribution in [-0.4, -0.2) is 59.8 Å². The van der Waals surface area contributed by atoms with Crippen molar-refractivity contribution in [2.75, 3.05) is 18.8 Å². The molecule has 25 heavy (non-hydrogen) atoms. The minimum Gasteiger partial charge on any atom is -0.372 e. The number of amides is 1. The SMILES string of the molecule is CCS(=O)(=O)c1nc2ccccc2n1CC(=O)N1C[C@@H](C)O[C@H](C)C1. The van der Waals surface area contributed by atoms with Gasteiger partial charge in [-0.25, -0.2) is 13.4 Å². The summed E-state index contributed by atoms with van der Waals surface area (Å²) in [4.78, 5) is 18.8. The van der Waals surface area contributed by atoms with E-state index in [0.29, 0.717) is 24.1 Å². The molecule has 1 saturated heterocycles. The Labute approximate surface area is 147 Å². The molecule has 0 N–H and O–H groups in total. The zero-order chi connectivity index (χ0) is 18.2. The molecule has 8 heteroatoms. The van der Waals surface area contributed by atoms with Gasteiger partial charge in [0, 0.05) is 13.1 Å². The summed E-state index contributed by atoms with van der Waals surface area (Å²) in [6.07, 6.45) is -0.0721. The van der Waals surface area contributed by atoms with Crippen molar-refractivity contribution in [1.82, 2.24) is 14.5 Å². The summed E-state index contributed by atoms with van der Waals surface area (Å²) in [5, 5.41) is -0.0427. The first-order valence-corrected chi connectivity index (χ1v) is 10.1. The van der Waals surface area contributed by atoms with Gasteiger partial charge in [0.15, 0.2) is 0 Å².